The minimum absolute atomic E-state index is 0.569. The first-order valence-electron chi connectivity index (χ1n) is 6.62. The lowest BCUT2D eigenvalue weighted by atomic mass is 9.83. The maximum absolute atomic E-state index is 5.80. The summed E-state index contributed by atoms with van der Waals surface area (Å²) in [5.41, 5.74) is 9.71. The Morgan fingerprint density at radius 2 is 2.28 bits per heavy atom. The number of aryl methyl sites for hydroxylation is 1. The second-order valence-electron chi connectivity index (χ2n) is 5.36. The summed E-state index contributed by atoms with van der Waals surface area (Å²) in [5, 5.41) is 11.8. The standard InChI is InChI=1S/C14H20N4/c1-9-2-12-8-17-18-14(12)4-13(9)11-3-10(5-15)6-16-7-11/h2,4,8,10-11,16H,3,5-7,15H2,1H3,(H,17,18). The van der Waals surface area contributed by atoms with Gasteiger partial charge >= 0.3 is 0 Å². The number of H-pyrrole nitrogens is 1. The van der Waals surface area contributed by atoms with Gasteiger partial charge in [-0.15, -0.1) is 0 Å². The summed E-state index contributed by atoms with van der Waals surface area (Å²) in [6.07, 6.45) is 3.07. The van der Waals surface area contributed by atoms with Crippen molar-refractivity contribution in [1.82, 2.24) is 15.5 Å². The van der Waals surface area contributed by atoms with Gasteiger partial charge in [0.1, 0.15) is 0 Å². The zero-order chi connectivity index (χ0) is 12.5. The van der Waals surface area contributed by atoms with Crippen molar-refractivity contribution in [2.75, 3.05) is 19.6 Å². The summed E-state index contributed by atoms with van der Waals surface area (Å²) in [5.74, 6) is 1.17. The zero-order valence-electron chi connectivity index (χ0n) is 10.7. The number of fused-ring (bicyclic) bond motifs is 1. The topological polar surface area (TPSA) is 66.7 Å². The Bertz CT molecular complexity index is 546. The van der Waals surface area contributed by atoms with Crippen LogP contribution in [0.4, 0.5) is 0 Å². The summed E-state index contributed by atoms with van der Waals surface area (Å²) in [6, 6.07) is 4.48. The number of hydrogen-bond acceptors (Lipinski definition) is 3. The largest absolute Gasteiger partial charge is 0.330 e. The van der Waals surface area contributed by atoms with Crippen LogP contribution in [0.25, 0.3) is 10.9 Å². The molecule has 2 unspecified atom stereocenters. The van der Waals surface area contributed by atoms with Crippen molar-refractivity contribution in [3.8, 4) is 0 Å². The number of hydrogen-bond donors (Lipinski definition) is 3. The molecular weight excluding hydrogens is 224 g/mol. The van der Waals surface area contributed by atoms with Gasteiger partial charge in [-0.2, -0.15) is 5.10 Å². The van der Waals surface area contributed by atoms with Crippen molar-refractivity contribution in [3.63, 3.8) is 0 Å². The van der Waals surface area contributed by atoms with Crippen LogP contribution in [0, 0.1) is 12.8 Å². The predicted molar refractivity (Wildman–Crippen MR) is 73.6 cm³/mol. The molecule has 3 rings (SSSR count). The molecule has 4 nitrogen and oxygen atoms in total. The molecule has 0 amide bonds. The lowest BCUT2D eigenvalue weighted by Crippen LogP contribution is -2.38. The first kappa shape index (κ1) is 11.7. The fraction of sp³-hybridized carbons (Fsp3) is 0.500. The average molecular weight is 244 g/mol. The van der Waals surface area contributed by atoms with Gasteiger partial charge in [0.05, 0.1) is 11.7 Å². The number of piperidine rings is 1. The van der Waals surface area contributed by atoms with Crippen molar-refractivity contribution in [2.24, 2.45) is 11.7 Å². The lowest BCUT2D eigenvalue weighted by Gasteiger charge is -2.30. The van der Waals surface area contributed by atoms with Crippen LogP contribution in [0.1, 0.15) is 23.5 Å². The van der Waals surface area contributed by atoms with E-state index in [0.717, 1.165) is 25.2 Å². The van der Waals surface area contributed by atoms with Gasteiger partial charge in [0, 0.05) is 11.9 Å². The third-order valence-corrected chi connectivity index (χ3v) is 4.04. The smallest absolute Gasteiger partial charge is 0.0653 e. The van der Waals surface area contributed by atoms with Gasteiger partial charge in [0.2, 0.25) is 0 Å². The predicted octanol–water partition coefficient (Wildman–Crippen LogP) is 1.52. The summed E-state index contributed by atoms with van der Waals surface area (Å²) in [7, 11) is 0. The third kappa shape index (κ3) is 2.02. The number of rotatable bonds is 2. The van der Waals surface area contributed by atoms with E-state index in [1.807, 2.05) is 6.20 Å². The monoisotopic (exact) mass is 244 g/mol. The summed E-state index contributed by atoms with van der Waals surface area (Å²) >= 11 is 0. The van der Waals surface area contributed by atoms with Gasteiger partial charge in [-0.25, -0.2) is 0 Å². The Labute approximate surface area is 107 Å². The maximum Gasteiger partial charge on any atom is 0.0653 e. The van der Waals surface area contributed by atoms with Crippen LogP contribution in [0.2, 0.25) is 0 Å². The highest BCUT2D eigenvalue weighted by Gasteiger charge is 2.23. The highest BCUT2D eigenvalue weighted by atomic mass is 15.1. The molecule has 0 spiro atoms. The third-order valence-electron chi connectivity index (χ3n) is 4.04. The van der Waals surface area contributed by atoms with Gasteiger partial charge < -0.3 is 11.1 Å². The number of aromatic amines is 1. The van der Waals surface area contributed by atoms with Crippen molar-refractivity contribution in [3.05, 3.63) is 29.5 Å². The van der Waals surface area contributed by atoms with Gasteiger partial charge in [0.15, 0.2) is 0 Å². The molecule has 0 aliphatic carbocycles. The fourth-order valence-electron chi connectivity index (χ4n) is 3.01. The molecule has 1 aliphatic heterocycles. The normalized spacial score (nSPS) is 24.6. The first-order valence-corrected chi connectivity index (χ1v) is 6.62. The van der Waals surface area contributed by atoms with Crippen LogP contribution >= 0.6 is 0 Å². The number of nitrogens with two attached hydrogens (primary N) is 1. The van der Waals surface area contributed by atoms with Crippen LogP contribution < -0.4 is 11.1 Å². The molecule has 2 aromatic rings. The second-order valence-corrected chi connectivity index (χ2v) is 5.36. The SMILES string of the molecule is Cc1cc2cn[nH]c2cc1C1CNCC(CN)C1. The molecule has 4 N–H and O–H groups in total. The number of nitrogens with zero attached hydrogens (tertiary/aromatic N) is 1. The van der Waals surface area contributed by atoms with E-state index < -0.39 is 0 Å². The van der Waals surface area contributed by atoms with Crippen molar-refractivity contribution in [2.45, 2.75) is 19.3 Å². The minimum Gasteiger partial charge on any atom is -0.330 e. The fourth-order valence-corrected chi connectivity index (χ4v) is 3.01. The van der Waals surface area contributed by atoms with E-state index in [-0.39, 0.29) is 0 Å². The molecule has 1 aliphatic rings. The Morgan fingerprint density at radius 1 is 1.39 bits per heavy atom. The van der Waals surface area contributed by atoms with Gasteiger partial charge in [-0.1, -0.05) is 0 Å². The van der Waals surface area contributed by atoms with Gasteiger partial charge in [-0.05, 0) is 61.5 Å². The maximum atomic E-state index is 5.80. The summed E-state index contributed by atoms with van der Waals surface area (Å²) < 4.78 is 0. The van der Waals surface area contributed by atoms with E-state index in [0.29, 0.717) is 11.8 Å². The van der Waals surface area contributed by atoms with Crippen LogP contribution in [0.15, 0.2) is 18.3 Å². The van der Waals surface area contributed by atoms with E-state index in [4.69, 9.17) is 5.73 Å². The number of aromatic nitrogens is 2. The van der Waals surface area contributed by atoms with Crippen LogP contribution in [0.3, 0.4) is 0 Å². The molecule has 2 heterocycles. The Balaban J connectivity index is 1.94. The molecule has 18 heavy (non-hydrogen) atoms. The number of benzene rings is 1. The zero-order valence-corrected chi connectivity index (χ0v) is 10.7. The highest BCUT2D eigenvalue weighted by molar-refractivity contribution is 5.79. The molecule has 0 radical (unpaired) electrons. The molecule has 1 aromatic heterocycles. The highest BCUT2D eigenvalue weighted by Crippen LogP contribution is 2.30. The van der Waals surface area contributed by atoms with E-state index in [9.17, 15) is 0 Å². The van der Waals surface area contributed by atoms with Gasteiger partial charge in [0.25, 0.3) is 0 Å². The Morgan fingerprint density at radius 3 is 3.11 bits per heavy atom. The lowest BCUT2D eigenvalue weighted by molar-refractivity contribution is 0.348. The quantitative estimate of drug-likeness (QED) is 0.750. The molecule has 0 saturated carbocycles. The van der Waals surface area contributed by atoms with E-state index >= 15 is 0 Å². The van der Waals surface area contributed by atoms with E-state index in [1.165, 1.54) is 22.9 Å². The molecule has 1 fully saturated rings. The van der Waals surface area contributed by atoms with Crippen LogP contribution in [-0.2, 0) is 0 Å². The van der Waals surface area contributed by atoms with E-state index in [2.05, 4.69) is 34.6 Å². The van der Waals surface area contributed by atoms with Crippen molar-refractivity contribution < 1.29 is 0 Å². The van der Waals surface area contributed by atoms with Gasteiger partial charge in [-0.3, -0.25) is 5.10 Å². The molecule has 0 bridgehead atoms. The Hall–Kier alpha value is -1.39. The minimum atomic E-state index is 0.569. The molecular formula is C14H20N4. The van der Waals surface area contributed by atoms with E-state index in [1.54, 1.807) is 0 Å². The van der Waals surface area contributed by atoms with Crippen molar-refractivity contribution in [1.29, 1.82) is 0 Å². The molecule has 1 aromatic carbocycles. The average Bonchev–Trinajstić information content (AvgIpc) is 2.85. The van der Waals surface area contributed by atoms with Crippen LogP contribution in [-0.4, -0.2) is 29.8 Å². The molecule has 1 saturated heterocycles. The van der Waals surface area contributed by atoms with Crippen LogP contribution in [0.5, 0.6) is 0 Å². The summed E-state index contributed by atoms with van der Waals surface area (Å²) in [4.78, 5) is 0. The van der Waals surface area contributed by atoms with Crippen molar-refractivity contribution >= 4 is 10.9 Å². The second kappa shape index (κ2) is 4.71. The molecule has 96 valence electrons. The Kier molecular flexibility index (Phi) is 3.06. The summed E-state index contributed by atoms with van der Waals surface area (Å²) in [6.45, 7) is 5.07. The first-order chi connectivity index (χ1) is 8.78. The molecule has 2 atom stereocenters. The number of nitrogens with one attached hydrogen (secondary N) is 2. The molecule has 4 heteroatoms.